The number of nitrogens with one attached hydrogen (secondary N) is 3. The third-order valence-corrected chi connectivity index (χ3v) is 5.32. The van der Waals surface area contributed by atoms with Gasteiger partial charge in [0, 0.05) is 29.2 Å². The summed E-state index contributed by atoms with van der Waals surface area (Å²) in [5.74, 6) is -0.0593. The smallest absolute Gasteiger partial charge is 0.234 e. The maximum Gasteiger partial charge on any atom is 0.234 e. The number of nitrogens with zero attached hydrogens (tertiary/aromatic N) is 2. The molecule has 2 aromatic carbocycles. The highest BCUT2D eigenvalue weighted by atomic mass is 32.2. The first kappa shape index (κ1) is 18.9. The highest BCUT2D eigenvalue weighted by Crippen LogP contribution is 2.30. The molecular formula is C21H19N5O2S. The minimum absolute atomic E-state index is 0.138. The number of carbonyl (C=O) groups is 2. The lowest BCUT2D eigenvalue weighted by Gasteiger charge is -2.07. The molecular weight excluding hydrogens is 386 g/mol. The Morgan fingerprint density at radius 3 is 2.48 bits per heavy atom. The summed E-state index contributed by atoms with van der Waals surface area (Å²) < 4.78 is 0. The van der Waals surface area contributed by atoms with Crippen LogP contribution in [0.2, 0.25) is 0 Å². The number of thioether (sulfide) groups is 1. The van der Waals surface area contributed by atoms with E-state index in [-0.39, 0.29) is 17.6 Å². The lowest BCUT2D eigenvalue weighted by atomic mass is 10.2. The second-order valence-corrected chi connectivity index (χ2v) is 7.64. The molecule has 0 aliphatic rings. The number of anilines is 2. The van der Waals surface area contributed by atoms with Gasteiger partial charge in [-0.2, -0.15) is 0 Å². The Labute approximate surface area is 171 Å². The summed E-state index contributed by atoms with van der Waals surface area (Å²) in [6.45, 7) is 3.49. The Morgan fingerprint density at radius 2 is 1.76 bits per heavy atom. The number of hydrogen-bond acceptors (Lipinski definition) is 5. The highest BCUT2D eigenvalue weighted by molar-refractivity contribution is 8.00. The molecule has 0 bridgehead atoms. The van der Waals surface area contributed by atoms with Crippen LogP contribution in [0.25, 0.3) is 21.9 Å². The van der Waals surface area contributed by atoms with Crippen LogP contribution in [-0.4, -0.2) is 32.5 Å². The van der Waals surface area contributed by atoms with Gasteiger partial charge in [0.05, 0.1) is 11.3 Å². The molecule has 0 radical (unpaired) electrons. The summed E-state index contributed by atoms with van der Waals surface area (Å²) in [6.07, 6.45) is 1.53. The Bertz CT molecular complexity index is 1220. The molecule has 0 saturated carbocycles. The van der Waals surface area contributed by atoms with Crippen molar-refractivity contribution >= 4 is 56.9 Å². The Balaban J connectivity index is 1.46. The van der Waals surface area contributed by atoms with Crippen molar-refractivity contribution in [3.63, 3.8) is 0 Å². The van der Waals surface area contributed by atoms with Crippen molar-refractivity contribution in [2.45, 2.75) is 18.9 Å². The molecule has 2 amide bonds. The number of fused-ring (bicyclic) bond motifs is 3. The third kappa shape index (κ3) is 4.22. The second-order valence-electron chi connectivity index (χ2n) is 6.67. The lowest BCUT2D eigenvalue weighted by Crippen LogP contribution is -2.14. The van der Waals surface area contributed by atoms with Crippen LogP contribution in [-0.2, 0) is 9.59 Å². The predicted molar refractivity (Wildman–Crippen MR) is 116 cm³/mol. The molecule has 0 unspecified atom stereocenters. The van der Waals surface area contributed by atoms with E-state index in [0.717, 1.165) is 32.5 Å². The number of hydrogen-bond donors (Lipinski definition) is 3. The number of H-pyrrole nitrogens is 1. The molecule has 146 valence electrons. The Kier molecular flexibility index (Phi) is 5.18. The predicted octanol–water partition coefficient (Wildman–Crippen LogP) is 4.11. The average molecular weight is 405 g/mol. The van der Waals surface area contributed by atoms with E-state index < -0.39 is 0 Å². The van der Waals surface area contributed by atoms with Crippen LogP contribution in [0.15, 0.2) is 53.8 Å². The SMILES string of the molecule is CC(=O)Nc1ccc(NC(=O)CSc2ncnc3c2[nH]c2ccc(C)cc23)cc1. The molecule has 4 rings (SSSR count). The summed E-state index contributed by atoms with van der Waals surface area (Å²) in [5, 5.41) is 7.32. The van der Waals surface area contributed by atoms with Gasteiger partial charge in [0.2, 0.25) is 11.8 Å². The number of aromatic nitrogens is 3. The first-order chi connectivity index (χ1) is 14.0. The van der Waals surface area contributed by atoms with Crippen molar-refractivity contribution < 1.29 is 9.59 Å². The van der Waals surface area contributed by atoms with Gasteiger partial charge in [-0.15, -0.1) is 0 Å². The molecule has 0 atom stereocenters. The monoisotopic (exact) mass is 405 g/mol. The standard InChI is InChI=1S/C21H19N5O2S/c1-12-3-8-17-16(9-12)19-20(26-17)21(23-11-22-19)29-10-18(28)25-15-6-4-14(5-7-15)24-13(2)27/h3-9,11,26H,10H2,1-2H3,(H,24,27)(H,25,28). The van der Waals surface area contributed by atoms with Gasteiger partial charge in [0.15, 0.2) is 0 Å². The van der Waals surface area contributed by atoms with E-state index >= 15 is 0 Å². The minimum Gasteiger partial charge on any atom is -0.351 e. The number of amides is 2. The van der Waals surface area contributed by atoms with Gasteiger partial charge < -0.3 is 15.6 Å². The number of aromatic amines is 1. The van der Waals surface area contributed by atoms with Crippen LogP contribution in [0.5, 0.6) is 0 Å². The van der Waals surface area contributed by atoms with Crippen molar-refractivity contribution in [1.29, 1.82) is 0 Å². The number of carbonyl (C=O) groups excluding carboxylic acids is 2. The van der Waals surface area contributed by atoms with E-state index in [9.17, 15) is 9.59 Å². The highest BCUT2D eigenvalue weighted by Gasteiger charge is 2.13. The van der Waals surface area contributed by atoms with E-state index in [4.69, 9.17) is 0 Å². The maximum absolute atomic E-state index is 12.3. The van der Waals surface area contributed by atoms with Crippen molar-refractivity contribution in [2.75, 3.05) is 16.4 Å². The van der Waals surface area contributed by atoms with Crippen molar-refractivity contribution in [3.8, 4) is 0 Å². The largest absolute Gasteiger partial charge is 0.351 e. The summed E-state index contributed by atoms with van der Waals surface area (Å²) in [7, 11) is 0. The molecule has 8 heteroatoms. The topological polar surface area (TPSA) is 99.8 Å². The lowest BCUT2D eigenvalue weighted by molar-refractivity contribution is -0.114. The normalized spacial score (nSPS) is 11.0. The second kappa shape index (κ2) is 7.92. The van der Waals surface area contributed by atoms with Crippen molar-refractivity contribution in [2.24, 2.45) is 0 Å². The minimum atomic E-state index is -0.138. The van der Waals surface area contributed by atoms with E-state index in [2.05, 4.69) is 31.7 Å². The van der Waals surface area contributed by atoms with E-state index in [1.165, 1.54) is 25.0 Å². The molecule has 2 aromatic heterocycles. The summed E-state index contributed by atoms with van der Waals surface area (Å²) in [6, 6.07) is 13.1. The quantitative estimate of drug-likeness (QED) is 0.343. The van der Waals surface area contributed by atoms with E-state index in [1.807, 2.05) is 19.1 Å². The van der Waals surface area contributed by atoms with Crippen LogP contribution < -0.4 is 10.6 Å². The van der Waals surface area contributed by atoms with Crippen LogP contribution in [0.3, 0.4) is 0 Å². The molecule has 0 aliphatic heterocycles. The van der Waals surface area contributed by atoms with Gasteiger partial charge in [0.1, 0.15) is 16.9 Å². The number of benzene rings is 2. The van der Waals surface area contributed by atoms with E-state index in [1.54, 1.807) is 24.3 Å². The van der Waals surface area contributed by atoms with Gasteiger partial charge in [0.25, 0.3) is 0 Å². The van der Waals surface area contributed by atoms with Crippen LogP contribution in [0.4, 0.5) is 11.4 Å². The van der Waals surface area contributed by atoms with Crippen LogP contribution in [0.1, 0.15) is 12.5 Å². The summed E-state index contributed by atoms with van der Waals surface area (Å²) in [5.41, 5.74) is 5.20. The zero-order valence-electron chi connectivity index (χ0n) is 15.9. The average Bonchev–Trinajstić information content (AvgIpc) is 3.06. The molecule has 0 saturated heterocycles. The third-order valence-electron chi connectivity index (χ3n) is 4.33. The number of aryl methyl sites for hydroxylation is 1. The molecule has 2 heterocycles. The van der Waals surface area contributed by atoms with Gasteiger partial charge in [-0.05, 0) is 43.3 Å². The first-order valence-electron chi connectivity index (χ1n) is 9.03. The van der Waals surface area contributed by atoms with Gasteiger partial charge in [-0.1, -0.05) is 23.4 Å². The van der Waals surface area contributed by atoms with Crippen LogP contribution in [0, 0.1) is 6.92 Å². The first-order valence-corrected chi connectivity index (χ1v) is 10.0. The molecule has 3 N–H and O–H groups in total. The Morgan fingerprint density at radius 1 is 1.03 bits per heavy atom. The number of rotatable bonds is 5. The molecule has 0 aliphatic carbocycles. The van der Waals surface area contributed by atoms with E-state index in [0.29, 0.717) is 11.4 Å². The fourth-order valence-electron chi connectivity index (χ4n) is 3.06. The van der Waals surface area contributed by atoms with Crippen molar-refractivity contribution in [1.82, 2.24) is 15.0 Å². The molecule has 4 aromatic rings. The summed E-state index contributed by atoms with van der Waals surface area (Å²) in [4.78, 5) is 35.5. The fourth-order valence-corrected chi connectivity index (χ4v) is 3.82. The summed E-state index contributed by atoms with van der Waals surface area (Å²) >= 11 is 1.36. The van der Waals surface area contributed by atoms with Gasteiger partial charge >= 0.3 is 0 Å². The molecule has 7 nitrogen and oxygen atoms in total. The Hall–Kier alpha value is -3.39. The molecule has 0 fully saturated rings. The zero-order valence-corrected chi connectivity index (χ0v) is 16.8. The zero-order chi connectivity index (χ0) is 20.4. The van der Waals surface area contributed by atoms with Gasteiger partial charge in [-0.3, -0.25) is 9.59 Å². The van der Waals surface area contributed by atoms with Crippen molar-refractivity contribution in [3.05, 3.63) is 54.4 Å². The fraction of sp³-hybridized carbons (Fsp3) is 0.143. The molecule has 0 spiro atoms. The van der Waals surface area contributed by atoms with Crippen LogP contribution >= 0.6 is 11.8 Å². The molecule has 29 heavy (non-hydrogen) atoms. The van der Waals surface area contributed by atoms with Gasteiger partial charge in [-0.25, -0.2) is 9.97 Å². The maximum atomic E-state index is 12.3.